The third kappa shape index (κ3) is 3.77. The van der Waals surface area contributed by atoms with Gasteiger partial charge in [0.1, 0.15) is 0 Å². The summed E-state index contributed by atoms with van der Waals surface area (Å²) in [5.74, 6) is -0.0670. The molecule has 0 spiro atoms. The first-order valence-electron chi connectivity index (χ1n) is 8.94. The molecule has 0 radical (unpaired) electrons. The van der Waals surface area contributed by atoms with E-state index in [0.717, 1.165) is 34.5 Å². The van der Waals surface area contributed by atoms with Crippen molar-refractivity contribution in [2.75, 3.05) is 7.05 Å². The standard InChI is InChI=1S/C19H26N4O3S/c1-12-19(13(2)23(5)21-12)11-22(4)27(25,26)18-7-6-15-8-17(20-14(3)24)9-16(15)10-18/h6-7,10,17H,8-9,11H2,1-5H3,(H,20,24). The number of sulfonamides is 1. The van der Waals surface area contributed by atoms with Crippen LogP contribution in [-0.2, 0) is 41.3 Å². The Hall–Kier alpha value is -2.19. The van der Waals surface area contributed by atoms with Gasteiger partial charge in [-0.05, 0) is 49.9 Å². The van der Waals surface area contributed by atoms with Crippen molar-refractivity contribution in [3.05, 3.63) is 46.3 Å². The zero-order chi connectivity index (χ0) is 19.9. The highest BCUT2D eigenvalue weighted by atomic mass is 32.2. The van der Waals surface area contributed by atoms with Crippen LogP contribution in [0.2, 0.25) is 0 Å². The topological polar surface area (TPSA) is 84.3 Å². The molecular formula is C19H26N4O3S. The van der Waals surface area contributed by atoms with Crippen LogP contribution in [0.5, 0.6) is 0 Å². The molecule has 8 heteroatoms. The molecular weight excluding hydrogens is 364 g/mol. The zero-order valence-corrected chi connectivity index (χ0v) is 17.2. The van der Waals surface area contributed by atoms with Crippen LogP contribution in [0.1, 0.15) is 35.0 Å². The van der Waals surface area contributed by atoms with Gasteiger partial charge in [-0.3, -0.25) is 9.48 Å². The van der Waals surface area contributed by atoms with Crippen LogP contribution in [0.4, 0.5) is 0 Å². The highest BCUT2D eigenvalue weighted by Crippen LogP contribution is 2.27. The Balaban J connectivity index is 1.83. The molecule has 27 heavy (non-hydrogen) atoms. The highest BCUT2D eigenvalue weighted by Gasteiger charge is 2.27. The molecule has 2 aromatic rings. The molecule has 1 aromatic heterocycles. The van der Waals surface area contributed by atoms with Crippen molar-refractivity contribution in [3.8, 4) is 0 Å². The van der Waals surface area contributed by atoms with Crippen LogP contribution in [-0.4, -0.2) is 41.5 Å². The lowest BCUT2D eigenvalue weighted by Crippen LogP contribution is -2.33. The van der Waals surface area contributed by atoms with Gasteiger partial charge in [0.15, 0.2) is 0 Å². The van der Waals surface area contributed by atoms with Gasteiger partial charge < -0.3 is 5.32 Å². The Morgan fingerprint density at radius 1 is 1.30 bits per heavy atom. The van der Waals surface area contributed by atoms with E-state index in [1.165, 1.54) is 11.2 Å². The van der Waals surface area contributed by atoms with Gasteiger partial charge in [-0.15, -0.1) is 0 Å². The molecule has 1 aliphatic rings. The maximum absolute atomic E-state index is 13.1. The number of carbonyl (C=O) groups excluding carboxylic acids is 1. The molecule has 1 N–H and O–H groups in total. The first-order chi connectivity index (χ1) is 12.6. The Bertz CT molecular complexity index is 995. The van der Waals surface area contributed by atoms with Crippen molar-refractivity contribution < 1.29 is 13.2 Å². The first-order valence-corrected chi connectivity index (χ1v) is 10.4. The lowest BCUT2D eigenvalue weighted by molar-refractivity contribution is -0.119. The molecule has 1 heterocycles. The largest absolute Gasteiger partial charge is 0.353 e. The van der Waals surface area contributed by atoms with E-state index >= 15 is 0 Å². The summed E-state index contributed by atoms with van der Waals surface area (Å²) >= 11 is 0. The fraction of sp³-hybridized carbons (Fsp3) is 0.474. The predicted molar refractivity (Wildman–Crippen MR) is 103 cm³/mol. The molecule has 1 atom stereocenters. The van der Waals surface area contributed by atoms with Crippen LogP contribution in [0.25, 0.3) is 0 Å². The summed E-state index contributed by atoms with van der Waals surface area (Å²) in [6.07, 6.45) is 1.39. The normalized spacial score (nSPS) is 16.6. The zero-order valence-electron chi connectivity index (χ0n) is 16.4. The maximum atomic E-state index is 13.1. The van der Waals surface area contributed by atoms with Gasteiger partial charge >= 0.3 is 0 Å². The van der Waals surface area contributed by atoms with Gasteiger partial charge in [-0.1, -0.05) is 6.07 Å². The average molecular weight is 391 g/mol. The van der Waals surface area contributed by atoms with Crippen molar-refractivity contribution in [2.24, 2.45) is 7.05 Å². The Labute approximate surface area is 160 Å². The second kappa shape index (κ2) is 7.09. The van der Waals surface area contributed by atoms with Crippen LogP contribution < -0.4 is 5.32 Å². The number of nitrogens with zero attached hydrogens (tertiary/aromatic N) is 3. The molecule has 0 aliphatic heterocycles. The van der Waals surface area contributed by atoms with E-state index in [2.05, 4.69) is 10.4 Å². The van der Waals surface area contributed by atoms with E-state index in [9.17, 15) is 13.2 Å². The second-order valence-corrected chi connectivity index (χ2v) is 9.32. The summed E-state index contributed by atoms with van der Waals surface area (Å²) in [7, 11) is -0.169. The second-order valence-electron chi connectivity index (χ2n) is 7.27. The number of benzene rings is 1. The summed E-state index contributed by atoms with van der Waals surface area (Å²) in [4.78, 5) is 11.6. The number of carbonyl (C=O) groups is 1. The van der Waals surface area contributed by atoms with Crippen molar-refractivity contribution in [1.82, 2.24) is 19.4 Å². The smallest absolute Gasteiger partial charge is 0.243 e. The van der Waals surface area contributed by atoms with Crippen LogP contribution in [0.3, 0.4) is 0 Å². The summed E-state index contributed by atoms with van der Waals surface area (Å²) in [5.41, 5.74) is 4.80. The molecule has 1 unspecified atom stereocenters. The van der Waals surface area contributed by atoms with Crippen LogP contribution >= 0.6 is 0 Å². The minimum Gasteiger partial charge on any atom is -0.353 e. The quantitative estimate of drug-likeness (QED) is 0.838. The summed E-state index contributed by atoms with van der Waals surface area (Å²) in [6.45, 7) is 5.60. The van der Waals surface area contributed by atoms with E-state index in [0.29, 0.717) is 6.42 Å². The van der Waals surface area contributed by atoms with E-state index in [-0.39, 0.29) is 23.4 Å². The van der Waals surface area contributed by atoms with Crippen LogP contribution in [0, 0.1) is 13.8 Å². The molecule has 1 amide bonds. The maximum Gasteiger partial charge on any atom is 0.243 e. The van der Waals surface area contributed by atoms with Crippen molar-refractivity contribution in [1.29, 1.82) is 0 Å². The number of rotatable bonds is 5. The van der Waals surface area contributed by atoms with Crippen molar-refractivity contribution in [3.63, 3.8) is 0 Å². The fourth-order valence-corrected chi connectivity index (χ4v) is 4.87. The molecule has 3 rings (SSSR count). The lowest BCUT2D eigenvalue weighted by Gasteiger charge is -2.18. The van der Waals surface area contributed by atoms with Gasteiger partial charge in [-0.25, -0.2) is 8.42 Å². The number of aromatic nitrogens is 2. The van der Waals surface area contributed by atoms with Gasteiger partial charge in [0, 0.05) is 44.9 Å². The Morgan fingerprint density at radius 3 is 2.56 bits per heavy atom. The number of nitrogens with one attached hydrogen (secondary N) is 1. The Kier molecular flexibility index (Phi) is 5.14. The minimum atomic E-state index is -3.61. The van der Waals surface area contributed by atoms with Gasteiger partial charge in [0.2, 0.25) is 15.9 Å². The summed E-state index contributed by atoms with van der Waals surface area (Å²) < 4.78 is 29.2. The molecule has 0 bridgehead atoms. The number of fused-ring (bicyclic) bond motifs is 1. The fourth-order valence-electron chi connectivity index (χ4n) is 3.68. The van der Waals surface area contributed by atoms with E-state index in [1.807, 2.05) is 27.0 Å². The summed E-state index contributed by atoms with van der Waals surface area (Å²) in [5, 5.41) is 7.27. The highest BCUT2D eigenvalue weighted by molar-refractivity contribution is 7.89. The number of amides is 1. The van der Waals surface area contributed by atoms with E-state index in [1.54, 1.807) is 23.9 Å². The number of aryl methyl sites for hydroxylation is 2. The van der Waals surface area contributed by atoms with E-state index < -0.39 is 10.0 Å². The Morgan fingerprint density at radius 2 is 1.96 bits per heavy atom. The molecule has 146 valence electrons. The third-order valence-electron chi connectivity index (χ3n) is 5.27. The molecule has 7 nitrogen and oxygen atoms in total. The minimum absolute atomic E-state index is 0.0360. The molecule has 0 saturated carbocycles. The SMILES string of the molecule is CC(=O)NC1Cc2ccc(S(=O)(=O)N(C)Cc3c(C)nn(C)c3C)cc2C1. The number of hydrogen-bond acceptors (Lipinski definition) is 4. The van der Waals surface area contributed by atoms with Gasteiger partial charge in [-0.2, -0.15) is 9.40 Å². The molecule has 1 aliphatic carbocycles. The summed E-state index contributed by atoms with van der Waals surface area (Å²) in [6, 6.07) is 5.29. The van der Waals surface area contributed by atoms with E-state index in [4.69, 9.17) is 0 Å². The predicted octanol–water partition coefficient (Wildman–Crippen LogP) is 1.46. The van der Waals surface area contributed by atoms with Gasteiger partial charge in [0.25, 0.3) is 0 Å². The monoisotopic (exact) mass is 390 g/mol. The van der Waals surface area contributed by atoms with Crippen molar-refractivity contribution >= 4 is 15.9 Å². The molecule has 0 fully saturated rings. The van der Waals surface area contributed by atoms with Crippen LogP contribution in [0.15, 0.2) is 23.1 Å². The third-order valence-corrected chi connectivity index (χ3v) is 7.06. The molecule has 1 aromatic carbocycles. The van der Waals surface area contributed by atoms with Gasteiger partial charge in [0.05, 0.1) is 10.6 Å². The first kappa shape index (κ1) is 19.6. The average Bonchev–Trinajstić information content (AvgIpc) is 3.08. The number of hydrogen-bond donors (Lipinski definition) is 1. The lowest BCUT2D eigenvalue weighted by atomic mass is 10.1. The van der Waals surface area contributed by atoms with Crippen molar-refractivity contribution in [2.45, 2.75) is 51.1 Å². The molecule has 0 saturated heterocycles.